The third-order valence-electron chi connectivity index (χ3n) is 4.59. The molecule has 1 atom stereocenters. The van der Waals surface area contributed by atoms with Crippen molar-refractivity contribution in [2.24, 2.45) is 0 Å². The van der Waals surface area contributed by atoms with Crippen LogP contribution in [0.25, 0.3) is 0 Å². The fraction of sp³-hybridized carbons (Fsp3) is 0.562. The quantitative estimate of drug-likeness (QED) is 0.852. The van der Waals surface area contributed by atoms with Gasteiger partial charge in [-0.15, -0.1) is 0 Å². The van der Waals surface area contributed by atoms with E-state index in [0.717, 1.165) is 26.2 Å². The fourth-order valence-electron chi connectivity index (χ4n) is 3.23. The van der Waals surface area contributed by atoms with Crippen molar-refractivity contribution in [3.8, 4) is 11.5 Å². The van der Waals surface area contributed by atoms with Crippen LogP contribution in [0.1, 0.15) is 16.8 Å². The highest BCUT2D eigenvalue weighted by molar-refractivity contribution is 5.97. The van der Waals surface area contributed by atoms with Gasteiger partial charge in [0.2, 0.25) is 0 Å². The Morgan fingerprint density at radius 3 is 2.73 bits per heavy atom. The predicted molar refractivity (Wildman–Crippen MR) is 83.4 cm³/mol. The number of phenols is 1. The van der Waals surface area contributed by atoms with E-state index in [2.05, 4.69) is 10.2 Å². The molecule has 0 spiro atoms. The largest absolute Gasteiger partial charge is 0.507 e. The van der Waals surface area contributed by atoms with Gasteiger partial charge in [-0.2, -0.15) is 0 Å². The molecule has 1 unspecified atom stereocenters. The molecule has 120 valence electrons. The Balaban J connectivity index is 1.64. The molecule has 22 heavy (non-hydrogen) atoms. The Hall–Kier alpha value is -1.79. The Labute approximate surface area is 130 Å². The summed E-state index contributed by atoms with van der Waals surface area (Å²) in [6, 6.07) is 5.36. The molecule has 1 aromatic rings. The highest BCUT2D eigenvalue weighted by Gasteiger charge is 2.29. The van der Waals surface area contributed by atoms with Crippen LogP contribution in [0.15, 0.2) is 18.2 Å². The van der Waals surface area contributed by atoms with Crippen LogP contribution in [0.5, 0.6) is 11.5 Å². The Kier molecular flexibility index (Phi) is 4.49. The molecule has 0 saturated carbocycles. The molecule has 6 nitrogen and oxygen atoms in total. The normalized spacial score (nSPS) is 22.8. The Morgan fingerprint density at radius 2 is 2.09 bits per heavy atom. The Morgan fingerprint density at radius 1 is 1.32 bits per heavy atom. The van der Waals surface area contributed by atoms with Gasteiger partial charge < -0.3 is 20.1 Å². The van der Waals surface area contributed by atoms with E-state index in [9.17, 15) is 9.90 Å². The van der Waals surface area contributed by atoms with E-state index in [0.29, 0.717) is 30.4 Å². The maximum absolute atomic E-state index is 12.6. The molecule has 6 heteroatoms. The molecular formula is C16H23N3O3. The summed E-state index contributed by atoms with van der Waals surface area (Å²) in [5, 5.41) is 13.3. The summed E-state index contributed by atoms with van der Waals surface area (Å²) < 4.78 is 5.13. The first-order valence-electron chi connectivity index (χ1n) is 7.80. The topological polar surface area (TPSA) is 65.0 Å². The SMILES string of the molecule is COc1ccc(O)c(C(=O)N2CCN(C3CCNC3)CC2)c1. The molecule has 3 rings (SSSR count). The predicted octanol–water partition coefficient (Wildman–Crippen LogP) is 0.520. The van der Waals surface area contributed by atoms with Gasteiger partial charge >= 0.3 is 0 Å². The third-order valence-corrected chi connectivity index (χ3v) is 4.59. The van der Waals surface area contributed by atoms with Gasteiger partial charge in [0, 0.05) is 38.8 Å². The minimum absolute atomic E-state index is 0.00761. The maximum Gasteiger partial charge on any atom is 0.257 e. The highest BCUT2D eigenvalue weighted by atomic mass is 16.5. The lowest BCUT2D eigenvalue weighted by atomic mass is 10.1. The van der Waals surface area contributed by atoms with Crippen LogP contribution in [0.3, 0.4) is 0 Å². The van der Waals surface area contributed by atoms with E-state index in [1.54, 1.807) is 19.2 Å². The van der Waals surface area contributed by atoms with Crippen LogP contribution >= 0.6 is 0 Å². The van der Waals surface area contributed by atoms with Crippen LogP contribution in [-0.4, -0.2) is 73.2 Å². The minimum Gasteiger partial charge on any atom is -0.507 e. The lowest BCUT2D eigenvalue weighted by molar-refractivity contribution is 0.0581. The van der Waals surface area contributed by atoms with E-state index in [-0.39, 0.29) is 11.7 Å². The zero-order valence-corrected chi connectivity index (χ0v) is 12.9. The smallest absolute Gasteiger partial charge is 0.257 e. The Bertz CT molecular complexity index is 535. The van der Waals surface area contributed by atoms with Gasteiger partial charge in [0.25, 0.3) is 5.91 Å². The van der Waals surface area contributed by atoms with E-state index < -0.39 is 0 Å². The highest BCUT2D eigenvalue weighted by Crippen LogP contribution is 2.25. The summed E-state index contributed by atoms with van der Waals surface area (Å²) in [5.74, 6) is 0.464. The van der Waals surface area contributed by atoms with Gasteiger partial charge in [0.05, 0.1) is 12.7 Å². The number of methoxy groups -OCH3 is 1. The first-order chi connectivity index (χ1) is 10.7. The average molecular weight is 305 g/mol. The van der Waals surface area contributed by atoms with Crippen LogP contribution in [-0.2, 0) is 0 Å². The number of benzene rings is 1. The first-order valence-corrected chi connectivity index (χ1v) is 7.80. The second kappa shape index (κ2) is 6.54. The molecule has 0 radical (unpaired) electrons. The van der Waals surface area contributed by atoms with Crippen molar-refractivity contribution in [2.75, 3.05) is 46.4 Å². The van der Waals surface area contributed by atoms with Crippen molar-refractivity contribution in [3.05, 3.63) is 23.8 Å². The molecule has 2 aliphatic heterocycles. The number of amides is 1. The van der Waals surface area contributed by atoms with E-state index in [1.807, 2.05) is 4.90 Å². The number of hydrogen-bond acceptors (Lipinski definition) is 5. The summed E-state index contributed by atoms with van der Waals surface area (Å²) in [4.78, 5) is 16.9. The van der Waals surface area contributed by atoms with Crippen LogP contribution in [0.2, 0.25) is 0 Å². The van der Waals surface area contributed by atoms with Crippen molar-refractivity contribution in [3.63, 3.8) is 0 Å². The van der Waals surface area contributed by atoms with Gasteiger partial charge in [-0.05, 0) is 31.2 Å². The number of nitrogens with zero attached hydrogens (tertiary/aromatic N) is 2. The molecule has 0 bridgehead atoms. The minimum atomic E-state index is -0.124. The number of nitrogens with one attached hydrogen (secondary N) is 1. The lowest BCUT2D eigenvalue weighted by Gasteiger charge is -2.37. The number of aromatic hydroxyl groups is 1. The fourth-order valence-corrected chi connectivity index (χ4v) is 3.23. The van der Waals surface area contributed by atoms with Crippen molar-refractivity contribution < 1.29 is 14.6 Å². The maximum atomic E-state index is 12.6. The van der Waals surface area contributed by atoms with Gasteiger partial charge in [0.15, 0.2) is 0 Å². The number of piperazine rings is 1. The van der Waals surface area contributed by atoms with Crippen molar-refractivity contribution in [2.45, 2.75) is 12.5 Å². The van der Waals surface area contributed by atoms with Crippen LogP contribution in [0.4, 0.5) is 0 Å². The molecule has 2 N–H and O–H groups in total. The van der Waals surface area contributed by atoms with Gasteiger partial charge in [-0.1, -0.05) is 0 Å². The lowest BCUT2D eigenvalue weighted by Crippen LogP contribution is -2.52. The standard InChI is InChI=1S/C16H23N3O3/c1-22-13-2-3-15(20)14(10-13)16(21)19-8-6-18(7-9-19)12-4-5-17-11-12/h2-3,10,12,17,20H,4-9,11H2,1H3. The van der Waals surface area contributed by atoms with Crippen molar-refractivity contribution >= 4 is 5.91 Å². The third kappa shape index (κ3) is 3.03. The summed E-state index contributed by atoms with van der Waals surface area (Å²) in [6.07, 6.45) is 1.19. The molecule has 2 aliphatic rings. The second-order valence-corrected chi connectivity index (χ2v) is 5.86. The van der Waals surface area contributed by atoms with Gasteiger partial charge in [-0.3, -0.25) is 9.69 Å². The molecule has 0 aromatic heterocycles. The van der Waals surface area contributed by atoms with Crippen molar-refractivity contribution in [1.29, 1.82) is 0 Å². The van der Waals surface area contributed by atoms with E-state index in [1.165, 1.54) is 12.5 Å². The van der Waals surface area contributed by atoms with Crippen LogP contribution < -0.4 is 10.1 Å². The van der Waals surface area contributed by atoms with Gasteiger partial charge in [-0.25, -0.2) is 0 Å². The zero-order valence-electron chi connectivity index (χ0n) is 12.9. The molecule has 0 aliphatic carbocycles. The average Bonchev–Trinajstić information content (AvgIpc) is 3.09. The molecule has 2 fully saturated rings. The van der Waals surface area contributed by atoms with E-state index >= 15 is 0 Å². The number of ether oxygens (including phenoxy) is 1. The summed E-state index contributed by atoms with van der Waals surface area (Å²) in [7, 11) is 1.55. The molecule has 2 heterocycles. The molecule has 1 amide bonds. The zero-order chi connectivity index (χ0) is 15.5. The van der Waals surface area contributed by atoms with E-state index in [4.69, 9.17) is 4.74 Å². The molecule has 1 aromatic carbocycles. The van der Waals surface area contributed by atoms with Crippen molar-refractivity contribution in [1.82, 2.24) is 15.1 Å². The van der Waals surface area contributed by atoms with Crippen LogP contribution in [0, 0.1) is 0 Å². The number of carbonyl (C=O) groups excluding carboxylic acids is 1. The number of rotatable bonds is 3. The number of phenolic OH excluding ortho intramolecular Hbond substituents is 1. The monoisotopic (exact) mass is 305 g/mol. The first kappa shape index (κ1) is 15.1. The van der Waals surface area contributed by atoms with Gasteiger partial charge in [0.1, 0.15) is 11.5 Å². The molecule has 2 saturated heterocycles. The summed E-state index contributed by atoms with van der Waals surface area (Å²) >= 11 is 0. The number of hydrogen-bond donors (Lipinski definition) is 2. The summed E-state index contributed by atoms with van der Waals surface area (Å²) in [6.45, 7) is 5.32. The molecular weight excluding hydrogens is 282 g/mol. The second-order valence-electron chi connectivity index (χ2n) is 5.86. The summed E-state index contributed by atoms with van der Waals surface area (Å²) in [5.41, 5.74) is 0.315. The number of carbonyl (C=O) groups is 1.